The van der Waals surface area contributed by atoms with Crippen molar-refractivity contribution in [2.45, 2.75) is 58.2 Å². The maximum atomic E-state index is 12.7. The first-order valence-electron chi connectivity index (χ1n) is 10.2. The molecule has 0 spiro atoms. The smallest absolute Gasteiger partial charge is 0.410 e. The zero-order chi connectivity index (χ0) is 22.3. The molecule has 0 unspecified atom stereocenters. The van der Waals surface area contributed by atoms with Crippen LogP contribution in [0.2, 0.25) is 0 Å². The first kappa shape index (κ1) is 24.3. The zero-order valence-electron chi connectivity index (χ0n) is 18.3. The molecule has 1 fully saturated rings. The van der Waals surface area contributed by atoms with Crippen LogP contribution in [0.5, 0.6) is 0 Å². The maximum Gasteiger partial charge on any atom is 0.410 e. The van der Waals surface area contributed by atoms with Gasteiger partial charge in [-0.25, -0.2) is 17.9 Å². The average Bonchev–Trinajstić information content (AvgIpc) is 2.67. The lowest BCUT2D eigenvalue weighted by molar-refractivity contribution is 0.0458. The van der Waals surface area contributed by atoms with Gasteiger partial charge in [0.05, 0.1) is 30.2 Å². The number of sulfonamides is 1. The molecule has 0 aliphatic carbocycles. The molecule has 30 heavy (non-hydrogen) atoms. The molecule has 2 atom stereocenters. The number of piperidine rings is 1. The van der Waals surface area contributed by atoms with Gasteiger partial charge in [-0.3, -0.25) is 4.98 Å². The van der Waals surface area contributed by atoms with Gasteiger partial charge in [-0.05, 0) is 51.3 Å². The summed E-state index contributed by atoms with van der Waals surface area (Å²) < 4.78 is 38.1. The number of amides is 1. The summed E-state index contributed by atoms with van der Waals surface area (Å²) in [6, 6.07) is 4.81. The Labute approximate surface area is 179 Å². The molecule has 0 radical (unpaired) electrons. The number of aromatic nitrogens is 1. The first-order chi connectivity index (χ1) is 14.1. The second-order valence-corrected chi connectivity index (χ2v) is 9.74. The molecule has 0 saturated carbocycles. The first-order valence-corrected chi connectivity index (χ1v) is 11.9. The second-order valence-electron chi connectivity index (χ2n) is 7.87. The summed E-state index contributed by atoms with van der Waals surface area (Å²) in [5.74, 6) is -0.132. The maximum absolute atomic E-state index is 12.7. The second kappa shape index (κ2) is 10.9. The Morgan fingerprint density at radius 1 is 1.40 bits per heavy atom. The fourth-order valence-electron chi connectivity index (χ4n) is 3.47. The molecule has 9 heteroatoms. The number of pyridine rings is 1. The number of nitrogens with zero attached hydrogens (tertiary/aromatic N) is 2. The van der Waals surface area contributed by atoms with E-state index in [2.05, 4.69) is 16.3 Å². The number of carbonyl (C=O) groups excluding carboxylic acids is 1. The van der Waals surface area contributed by atoms with Crippen molar-refractivity contribution in [3.8, 4) is 0 Å². The average molecular weight is 440 g/mol. The number of nitrogens with one attached hydrogen (secondary N) is 1. The van der Waals surface area contributed by atoms with Crippen molar-refractivity contribution in [1.82, 2.24) is 14.6 Å². The summed E-state index contributed by atoms with van der Waals surface area (Å²) in [6.45, 7) is 10.0. The lowest BCUT2D eigenvalue weighted by Gasteiger charge is -2.41. The van der Waals surface area contributed by atoms with E-state index >= 15 is 0 Å². The fraction of sp³-hybridized carbons (Fsp3) is 0.619. The molecule has 2 rings (SSSR count). The van der Waals surface area contributed by atoms with E-state index in [-0.39, 0.29) is 18.5 Å². The van der Waals surface area contributed by atoms with Crippen molar-refractivity contribution in [3.05, 3.63) is 36.2 Å². The Hall–Kier alpha value is -1.97. The van der Waals surface area contributed by atoms with Crippen LogP contribution in [0.15, 0.2) is 24.8 Å². The third-order valence-corrected chi connectivity index (χ3v) is 6.27. The third kappa shape index (κ3) is 7.07. The monoisotopic (exact) mass is 439 g/mol. The van der Waals surface area contributed by atoms with Gasteiger partial charge in [-0.2, -0.15) is 0 Å². The lowest BCUT2D eigenvalue weighted by Crippen LogP contribution is -2.58. The number of methoxy groups -OCH3 is 1. The number of likely N-dealkylation sites (tertiary alicyclic amines) is 1. The number of hydrogen-bond donors (Lipinski definition) is 1. The van der Waals surface area contributed by atoms with Crippen molar-refractivity contribution in [2.24, 2.45) is 0 Å². The predicted molar refractivity (Wildman–Crippen MR) is 117 cm³/mol. The van der Waals surface area contributed by atoms with Crippen molar-refractivity contribution >= 4 is 21.7 Å². The van der Waals surface area contributed by atoms with Gasteiger partial charge in [0.25, 0.3) is 0 Å². The SMILES string of the molecule is C=C(C)c1cccc(C[C@@H]2[C@H](NS(=O)(=O)CCOC)CCCN2C(=O)OC(C)C)n1. The molecule has 1 aliphatic rings. The lowest BCUT2D eigenvalue weighted by atomic mass is 9.93. The highest BCUT2D eigenvalue weighted by atomic mass is 32.2. The van der Waals surface area contributed by atoms with Crippen molar-refractivity contribution in [1.29, 1.82) is 0 Å². The van der Waals surface area contributed by atoms with Gasteiger partial charge >= 0.3 is 6.09 Å². The van der Waals surface area contributed by atoms with Crippen LogP contribution in [-0.2, 0) is 25.9 Å². The summed E-state index contributed by atoms with van der Waals surface area (Å²) in [6.07, 6.45) is 1.02. The molecule has 1 N–H and O–H groups in total. The highest BCUT2D eigenvalue weighted by Gasteiger charge is 2.37. The number of allylic oxidation sites excluding steroid dienone is 1. The van der Waals surface area contributed by atoms with Crippen molar-refractivity contribution < 1.29 is 22.7 Å². The van der Waals surface area contributed by atoms with E-state index in [0.717, 1.165) is 17.0 Å². The van der Waals surface area contributed by atoms with Crippen LogP contribution >= 0.6 is 0 Å². The molecule has 1 saturated heterocycles. The van der Waals surface area contributed by atoms with Crippen LogP contribution < -0.4 is 4.72 Å². The number of rotatable bonds is 9. The molecule has 168 valence electrons. The summed E-state index contributed by atoms with van der Waals surface area (Å²) >= 11 is 0. The summed E-state index contributed by atoms with van der Waals surface area (Å²) in [7, 11) is -2.09. The van der Waals surface area contributed by atoms with E-state index in [9.17, 15) is 13.2 Å². The molecule has 1 aliphatic heterocycles. The third-order valence-electron chi connectivity index (χ3n) is 4.90. The largest absolute Gasteiger partial charge is 0.447 e. The Balaban J connectivity index is 2.31. The molecular formula is C21H33N3O5S. The predicted octanol–water partition coefficient (Wildman–Crippen LogP) is 2.60. The minimum atomic E-state index is -3.55. The Bertz CT molecular complexity index is 841. The quantitative estimate of drug-likeness (QED) is 0.635. The van der Waals surface area contributed by atoms with E-state index in [1.54, 1.807) is 18.7 Å². The summed E-state index contributed by atoms with van der Waals surface area (Å²) in [5.41, 5.74) is 2.39. The van der Waals surface area contributed by atoms with Crippen LogP contribution in [0.25, 0.3) is 5.57 Å². The zero-order valence-corrected chi connectivity index (χ0v) is 19.1. The van der Waals surface area contributed by atoms with Gasteiger partial charge in [0.2, 0.25) is 10.0 Å². The van der Waals surface area contributed by atoms with Gasteiger partial charge in [0.1, 0.15) is 0 Å². The fourth-order valence-corrected chi connectivity index (χ4v) is 4.71. The Kier molecular flexibility index (Phi) is 8.81. The van der Waals surface area contributed by atoms with Crippen LogP contribution in [0.1, 0.15) is 45.0 Å². The molecule has 1 aromatic rings. The topological polar surface area (TPSA) is 97.8 Å². The molecule has 8 nitrogen and oxygen atoms in total. The van der Waals surface area contributed by atoms with Gasteiger partial charge in [0.15, 0.2) is 0 Å². The van der Waals surface area contributed by atoms with E-state index in [1.807, 2.05) is 25.1 Å². The van der Waals surface area contributed by atoms with Crippen LogP contribution in [0.3, 0.4) is 0 Å². The van der Waals surface area contributed by atoms with E-state index < -0.39 is 28.2 Å². The normalized spacial score (nSPS) is 19.7. The van der Waals surface area contributed by atoms with Crippen LogP contribution in [0.4, 0.5) is 4.79 Å². The van der Waals surface area contributed by atoms with E-state index in [4.69, 9.17) is 9.47 Å². The molecule has 1 aromatic heterocycles. The van der Waals surface area contributed by atoms with E-state index in [1.165, 1.54) is 7.11 Å². The Morgan fingerprint density at radius 3 is 2.77 bits per heavy atom. The minimum absolute atomic E-state index is 0.105. The van der Waals surface area contributed by atoms with Crippen molar-refractivity contribution in [2.75, 3.05) is 26.0 Å². The van der Waals surface area contributed by atoms with Gasteiger partial charge in [-0.1, -0.05) is 12.6 Å². The Morgan fingerprint density at radius 2 is 2.13 bits per heavy atom. The molecular weight excluding hydrogens is 406 g/mol. The van der Waals surface area contributed by atoms with Gasteiger partial charge < -0.3 is 14.4 Å². The van der Waals surface area contributed by atoms with Crippen molar-refractivity contribution in [3.63, 3.8) is 0 Å². The molecule has 1 amide bonds. The standard InChI is InChI=1S/C21H33N3O5S/c1-15(2)18-9-6-8-17(22-18)14-20-19(23-30(26,27)13-12-28-5)10-7-11-24(20)21(25)29-16(3)4/h6,8-9,16,19-20,23H,1,7,10-14H2,2-5H3/t19-,20-/m1/s1. The van der Waals surface area contributed by atoms with E-state index in [0.29, 0.717) is 25.8 Å². The minimum Gasteiger partial charge on any atom is -0.447 e. The molecule has 0 bridgehead atoms. The number of hydrogen-bond acceptors (Lipinski definition) is 6. The van der Waals surface area contributed by atoms with Gasteiger partial charge in [0, 0.05) is 31.8 Å². The molecule has 0 aromatic carbocycles. The summed E-state index contributed by atoms with van der Waals surface area (Å²) in [5, 5.41) is 0. The summed E-state index contributed by atoms with van der Waals surface area (Å²) in [4.78, 5) is 19.0. The number of ether oxygens (including phenoxy) is 2. The van der Waals surface area contributed by atoms with Crippen LogP contribution in [-0.4, -0.2) is 68.6 Å². The van der Waals surface area contributed by atoms with Crippen LogP contribution in [0, 0.1) is 0 Å². The van der Waals surface area contributed by atoms with Gasteiger partial charge in [-0.15, -0.1) is 0 Å². The number of carbonyl (C=O) groups is 1. The highest BCUT2D eigenvalue weighted by Crippen LogP contribution is 2.24. The molecule has 2 heterocycles. The highest BCUT2D eigenvalue weighted by molar-refractivity contribution is 7.89.